The third-order valence-corrected chi connectivity index (χ3v) is 4.72. The molecule has 0 spiro atoms. The van der Waals surface area contributed by atoms with Gasteiger partial charge in [-0.25, -0.2) is 0 Å². The maximum absolute atomic E-state index is 4.35. The molecule has 4 heteroatoms. The highest BCUT2D eigenvalue weighted by Gasteiger charge is 2.18. The highest BCUT2D eigenvalue weighted by Crippen LogP contribution is 2.23. The molecule has 1 heterocycles. The standard InChI is InChI=1S/C16H32N4/c1-14-6-8-15(9-7-14)19-16(17-2)18-10-5-13-20-11-3-4-12-20/h14-15H,3-13H2,1-2H3,(H2,17,18,19). The van der Waals surface area contributed by atoms with Crippen LogP contribution < -0.4 is 10.6 Å². The summed E-state index contributed by atoms with van der Waals surface area (Å²) < 4.78 is 0. The molecule has 2 aliphatic rings. The lowest BCUT2D eigenvalue weighted by atomic mass is 9.87. The van der Waals surface area contributed by atoms with Crippen LogP contribution in [0.3, 0.4) is 0 Å². The maximum Gasteiger partial charge on any atom is 0.191 e. The van der Waals surface area contributed by atoms with Gasteiger partial charge in [0.1, 0.15) is 0 Å². The van der Waals surface area contributed by atoms with Gasteiger partial charge >= 0.3 is 0 Å². The lowest BCUT2D eigenvalue weighted by molar-refractivity contribution is 0.326. The zero-order valence-electron chi connectivity index (χ0n) is 13.3. The summed E-state index contributed by atoms with van der Waals surface area (Å²) in [6.45, 7) is 7.21. The molecule has 4 nitrogen and oxygen atoms in total. The van der Waals surface area contributed by atoms with E-state index in [1.54, 1.807) is 0 Å². The maximum atomic E-state index is 4.35. The molecule has 1 saturated heterocycles. The van der Waals surface area contributed by atoms with Gasteiger partial charge in [-0.05, 0) is 70.5 Å². The summed E-state index contributed by atoms with van der Waals surface area (Å²) in [5, 5.41) is 7.04. The Bertz CT molecular complexity index is 289. The number of nitrogens with zero attached hydrogens (tertiary/aromatic N) is 2. The second kappa shape index (κ2) is 8.50. The zero-order valence-corrected chi connectivity index (χ0v) is 13.3. The highest BCUT2D eigenvalue weighted by atomic mass is 15.2. The SMILES string of the molecule is CN=C(NCCCN1CCCC1)NC1CCC(C)CC1. The number of likely N-dealkylation sites (tertiary alicyclic amines) is 1. The Balaban J connectivity index is 1.57. The lowest BCUT2D eigenvalue weighted by Gasteiger charge is -2.28. The van der Waals surface area contributed by atoms with E-state index in [0.29, 0.717) is 6.04 Å². The zero-order chi connectivity index (χ0) is 14.2. The van der Waals surface area contributed by atoms with Crippen LogP contribution in [0.25, 0.3) is 0 Å². The molecule has 116 valence electrons. The van der Waals surface area contributed by atoms with Crippen molar-refractivity contribution in [2.75, 3.05) is 33.2 Å². The molecule has 0 unspecified atom stereocenters. The van der Waals surface area contributed by atoms with E-state index in [0.717, 1.165) is 18.4 Å². The second-order valence-corrected chi connectivity index (χ2v) is 6.50. The Morgan fingerprint density at radius 1 is 1.15 bits per heavy atom. The molecule has 0 aromatic rings. The number of nitrogens with one attached hydrogen (secondary N) is 2. The molecule has 1 aliphatic carbocycles. The molecule has 0 aromatic carbocycles. The number of hydrogen-bond acceptors (Lipinski definition) is 2. The van der Waals surface area contributed by atoms with E-state index in [1.165, 1.54) is 64.6 Å². The highest BCUT2D eigenvalue weighted by molar-refractivity contribution is 5.79. The summed E-state index contributed by atoms with van der Waals surface area (Å²) in [5.74, 6) is 1.90. The van der Waals surface area contributed by atoms with Crippen LogP contribution in [0, 0.1) is 5.92 Å². The Morgan fingerprint density at radius 3 is 2.50 bits per heavy atom. The van der Waals surface area contributed by atoms with Gasteiger partial charge in [0.15, 0.2) is 5.96 Å². The van der Waals surface area contributed by atoms with E-state index in [-0.39, 0.29) is 0 Å². The molecular weight excluding hydrogens is 248 g/mol. The minimum Gasteiger partial charge on any atom is -0.356 e. The first kappa shape index (κ1) is 15.6. The predicted octanol–water partition coefficient (Wildman–Crippen LogP) is 2.22. The van der Waals surface area contributed by atoms with Crippen LogP contribution in [0.5, 0.6) is 0 Å². The van der Waals surface area contributed by atoms with Crippen LogP contribution in [0.15, 0.2) is 4.99 Å². The molecule has 0 atom stereocenters. The monoisotopic (exact) mass is 280 g/mol. The van der Waals surface area contributed by atoms with E-state index in [1.807, 2.05) is 7.05 Å². The van der Waals surface area contributed by atoms with E-state index in [9.17, 15) is 0 Å². The van der Waals surface area contributed by atoms with Gasteiger partial charge in [-0.2, -0.15) is 0 Å². The molecular formula is C16H32N4. The van der Waals surface area contributed by atoms with Crippen molar-refractivity contribution >= 4 is 5.96 Å². The quantitative estimate of drug-likeness (QED) is 0.461. The first-order valence-corrected chi connectivity index (χ1v) is 8.47. The molecule has 2 rings (SSSR count). The molecule has 2 N–H and O–H groups in total. The molecule has 0 radical (unpaired) electrons. The molecule has 20 heavy (non-hydrogen) atoms. The van der Waals surface area contributed by atoms with E-state index in [4.69, 9.17) is 0 Å². The van der Waals surface area contributed by atoms with Gasteiger partial charge in [-0.15, -0.1) is 0 Å². The summed E-state index contributed by atoms with van der Waals surface area (Å²) in [6.07, 6.45) is 9.26. The summed E-state index contributed by atoms with van der Waals surface area (Å²) in [4.78, 5) is 6.92. The minimum atomic E-state index is 0.621. The van der Waals surface area contributed by atoms with Crippen LogP contribution >= 0.6 is 0 Å². The van der Waals surface area contributed by atoms with Crippen LogP contribution in [-0.2, 0) is 0 Å². The number of hydrogen-bond donors (Lipinski definition) is 2. The molecule has 1 saturated carbocycles. The van der Waals surface area contributed by atoms with Crippen molar-refractivity contribution in [3.8, 4) is 0 Å². The fourth-order valence-corrected chi connectivity index (χ4v) is 3.31. The van der Waals surface area contributed by atoms with Crippen LogP contribution in [0.4, 0.5) is 0 Å². The van der Waals surface area contributed by atoms with Crippen molar-refractivity contribution < 1.29 is 0 Å². The summed E-state index contributed by atoms with van der Waals surface area (Å²) >= 11 is 0. The molecule has 0 aromatic heterocycles. The first-order valence-electron chi connectivity index (χ1n) is 8.47. The Kier molecular flexibility index (Phi) is 6.64. The largest absolute Gasteiger partial charge is 0.356 e. The van der Waals surface area contributed by atoms with Crippen molar-refractivity contribution in [1.82, 2.24) is 15.5 Å². The van der Waals surface area contributed by atoms with Crippen molar-refractivity contribution in [2.24, 2.45) is 10.9 Å². The Labute approximate surface area is 124 Å². The summed E-state index contributed by atoms with van der Waals surface area (Å²) in [7, 11) is 1.88. The third-order valence-electron chi connectivity index (χ3n) is 4.72. The van der Waals surface area contributed by atoms with E-state index in [2.05, 4.69) is 27.4 Å². The van der Waals surface area contributed by atoms with Crippen LogP contribution in [-0.4, -0.2) is 50.1 Å². The normalized spacial score (nSPS) is 28.6. The fraction of sp³-hybridized carbons (Fsp3) is 0.938. The van der Waals surface area contributed by atoms with E-state index >= 15 is 0 Å². The first-order chi connectivity index (χ1) is 9.78. The van der Waals surface area contributed by atoms with Gasteiger partial charge in [0.2, 0.25) is 0 Å². The number of aliphatic imine (C=N–C) groups is 1. The second-order valence-electron chi connectivity index (χ2n) is 6.50. The average molecular weight is 280 g/mol. The fourth-order valence-electron chi connectivity index (χ4n) is 3.31. The van der Waals surface area contributed by atoms with Crippen molar-refractivity contribution in [3.63, 3.8) is 0 Å². The van der Waals surface area contributed by atoms with E-state index < -0.39 is 0 Å². The summed E-state index contributed by atoms with van der Waals surface area (Å²) in [6, 6.07) is 0.621. The average Bonchev–Trinajstić information content (AvgIpc) is 2.97. The molecule has 0 amide bonds. The van der Waals surface area contributed by atoms with Gasteiger partial charge in [0.05, 0.1) is 0 Å². The van der Waals surface area contributed by atoms with Crippen molar-refractivity contribution in [3.05, 3.63) is 0 Å². The topological polar surface area (TPSA) is 39.7 Å². The van der Waals surface area contributed by atoms with Gasteiger partial charge in [0.25, 0.3) is 0 Å². The van der Waals surface area contributed by atoms with Crippen LogP contribution in [0.1, 0.15) is 51.9 Å². The number of rotatable bonds is 5. The minimum absolute atomic E-state index is 0.621. The van der Waals surface area contributed by atoms with Gasteiger partial charge in [-0.1, -0.05) is 6.92 Å². The Morgan fingerprint density at radius 2 is 1.85 bits per heavy atom. The summed E-state index contributed by atoms with van der Waals surface area (Å²) in [5.41, 5.74) is 0. The molecule has 2 fully saturated rings. The Hall–Kier alpha value is -0.770. The van der Waals surface area contributed by atoms with Gasteiger partial charge in [0, 0.05) is 19.6 Å². The van der Waals surface area contributed by atoms with Crippen molar-refractivity contribution in [1.29, 1.82) is 0 Å². The van der Waals surface area contributed by atoms with Crippen molar-refractivity contribution in [2.45, 2.75) is 57.9 Å². The molecule has 1 aliphatic heterocycles. The number of guanidine groups is 1. The van der Waals surface area contributed by atoms with Crippen LogP contribution in [0.2, 0.25) is 0 Å². The predicted molar refractivity (Wildman–Crippen MR) is 86.2 cm³/mol. The lowest BCUT2D eigenvalue weighted by Crippen LogP contribution is -2.45. The molecule has 0 bridgehead atoms. The smallest absolute Gasteiger partial charge is 0.191 e. The van der Waals surface area contributed by atoms with Gasteiger partial charge in [-0.3, -0.25) is 4.99 Å². The third kappa shape index (κ3) is 5.31. The van der Waals surface area contributed by atoms with Gasteiger partial charge < -0.3 is 15.5 Å².